The van der Waals surface area contributed by atoms with Gasteiger partial charge in [-0.2, -0.15) is 0 Å². The van der Waals surface area contributed by atoms with Gasteiger partial charge in [-0.05, 0) is 55.9 Å². The highest BCUT2D eigenvalue weighted by atomic mass is 35.5. The predicted molar refractivity (Wildman–Crippen MR) is 91.3 cm³/mol. The molecule has 0 saturated heterocycles. The molecule has 0 aliphatic rings. The van der Waals surface area contributed by atoms with E-state index in [9.17, 15) is 4.39 Å². The fourth-order valence-electron chi connectivity index (χ4n) is 2.49. The van der Waals surface area contributed by atoms with E-state index in [2.05, 4.69) is 10.3 Å². The number of hydrogen-bond acceptors (Lipinski definition) is 2. The van der Waals surface area contributed by atoms with E-state index in [1.807, 2.05) is 32.2 Å². The Hall–Kier alpha value is -1.49. The fourth-order valence-corrected chi connectivity index (χ4v) is 3.79. The van der Waals surface area contributed by atoms with Crippen molar-refractivity contribution in [1.29, 1.82) is 0 Å². The minimum Gasteiger partial charge on any atom is -0.358 e. The normalized spacial score (nSPS) is 11.3. The molecule has 3 rings (SSSR count). The third-order valence-corrected chi connectivity index (χ3v) is 5.07. The lowest BCUT2D eigenvalue weighted by Crippen LogP contribution is -2.06. The zero-order valence-corrected chi connectivity index (χ0v) is 13.9. The van der Waals surface area contributed by atoms with Crippen LogP contribution in [0.3, 0.4) is 0 Å². The number of hydrogen-bond donors (Lipinski definition) is 2. The summed E-state index contributed by atoms with van der Waals surface area (Å²) in [7, 11) is 1.90. The molecule has 114 valence electrons. The van der Waals surface area contributed by atoms with Gasteiger partial charge >= 0.3 is 0 Å². The second-order valence-corrected chi connectivity index (χ2v) is 6.64. The Morgan fingerprint density at radius 1 is 1.23 bits per heavy atom. The van der Waals surface area contributed by atoms with E-state index < -0.39 is 0 Å². The van der Waals surface area contributed by atoms with Crippen molar-refractivity contribution in [3.8, 4) is 0 Å². The van der Waals surface area contributed by atoms with Crippen molar-refractivity contribution < 1.29 is 4.39 Å². The molecular weight excluding hydrogens is 319 g/mol. The van der Waals surface area contributed by atoms with E-state index in [0.717, 1.165) is 43.5 Å². The third-order valence-electron chi connectivity index (χ3n) is 3.49. The van der Waals surface area contributed by atoms with Gasteiger partial charge in [0, 0.05) is 38.0 Å². The molecule has 1 aromatic heterocycles. The van der Waals surface area contributed by atoms with Gasteiger partial charge in [-0.1, -0.05) is 23.4 Å². The molecule has 0 radical (unpaired) electrons. The Morgan fingerprint density at radius 3 is 2.82 bits per heavy atom. The topological polar surface area (TPSA) is 27.8 Å². The van der Waals surface area contributed by atoms with Crippen LogP contribution in [0.2, 0.25) is 5.02 Å². The number of halogens is 2. The highest BCUT2D eigenvalue weighted by molar-refractivity contribution is 7.99. The molecule has 0 amide bonds. The van der Waals surface area contributed by atoms with E-state index >= 15 is 0 Å². The summed E-state index contributed by atoms with van der Waals surface area (Å²) in [5, 5.41) is 4.78. The summed E-state index contributed by atoms with van der Waals surface area (Å²) in [6.07, 6.45) is 0. The Morgan fingerprint density at radius 2 is 2.05 bits per heavy atom. The molecule has 1 heterocycles. The highest BCUT2D eigenvalue weighted by Crippen LogP contribution is 2.38. The van der Waals surface area contributed by atoms with Crippen LogP contribution in [-0.2, 0) is 6.54 Å². The SMILES string of the molecule is CNCc1cc(Cl)ccc1Sc1c(C)[nH]c2ccc(F)cc12. The minimum atomic E-state index is -0.222. The van der Waals surface area contributed by atoms with Crippen molar-refractivity contribution in [3.63, 3.8) is 0 Å². The van der Waals surface area contributed by atoms with E-state index in [4.69, 9.17) is 11.6 Å². The quantitative estimate of drug-likeness (QED) is 0.691. The van der Waals surface area contributed by atoms with Crippen molar-refractivity contribution in [3.05, 3.63) is 58.5 Å². The molecule has 0 aliphatic heterocycles. The first-order valence-corrected chi connectivity index (χ1v) is 8.16. The van der Waals surface area contributed by atoms with Gasteiger partial charge in [0.1, 0.15) is 5.82 Å². The van der Waals surface area contributed by atoms with Gasteiger partial charge in [0.05, 0.1) is 0 Å². The fraction of sp³-hybridized carbons (Fsp3) is 0.176. The maximum Gasteiger partial charge on any atom is 0.123 e. The predicted octanol–water partition coefficient (Wildman–Crippen LogP) is 5.14. The zero-order chi connectivity index (χ0) is 15.7. The van der Waals surface area contributed by atoms with Crippen molar-refractivity contribution in [2.75, 3.05) is 7.05 Å². The van der Waals surface area contributed by atoms with E-state index in [1.54, 1.807) is 23.9 Å². The van der Waals surface area contributed by atoms with Crippen LogP contribution in [0.5, 0.6) is 0 Å². The van der Waals surface area contributed by atoms with Gasteiger partial charge < -0.3 is 10.3 Å². The molecule has 2 N–H and O–H groups in total. The minimum absolute atomic E-state index is 0.222. The summed E-state index contributed by atoms with van der Waals surface area (Å²) >= 11 is 7.73. The number of aromatic amines is 1. The third kappa shape index (κ3) is 3.00. The first-order chi connectivity index (χ1) is 10.6. The lowest BCUT2D eigenvalue weighted by Gasteiger charge is -2.10. The number of nitrogens with one attached hydrogen (secondary N) is 2. The van der Waals surface area contributed by atoms with Crippen molar-refractivity contribution in [2.24, 2.45) is 0 Å². The van der Waals surface area contributed by atoms with Crippen LogP contribution >= 0.6 is 23.4 Å². The van der Waals surface area contributed by atoms with Gasteiger partial charge in [0.15, 0.2) is 0 Å². The molecule has 0 saturated carbocycles. The van der Waals surface area contributed by atoms with Gasteiger partial charge in [0.2, 0.25) is 0 Å². The Labute approximate surface area is 138 Å². The zero-order valence-electron chi connectivity index (χ0n) is 12.3. The van der Waals surface area contributed by atoms with E-state index in [1.165, 1.54) is 6.07 Å². The lowest BCUT2D eigenvalue weighted by atomic mass is 10.2. The molecule has 2 nitrogen and oxygen atoms in total. The Kier molecular flexibility index (Phi) is 4.43. The van der Waals surface area contributed by atoms with E-state index in [0.29, 0.717) is 0 Å². The van der Waals surface area contributed by atoms with Gasteiger partial charge in [-0.15, -0.1) is 0 Å². The summed E-state index contributed by atoms with van der Waals surface area (Å²) in [6.45, 7) is 2.74. The van der Waals surface area contributed by atoms with Crippen LogP contribution in [-0.4, -0.2) is 12.0 Å². The molecule has 3 aromatic rings. The Balaban J connectivity index is 2.06. The number of rotatable bonds is 4. The average Bonchev–Trinajstić information content (AvgIpc) is 2.78. The molecule has 0 atom stereocenters. The van der Waals surface area contributed by atoms with Crippen LogP contribution in [0.25, 0.3) is 10.9 Å². The maximum atomic E-state index is 13.6. The maximum absolute atomic E-state index is 13.6. The first-order valence-electron chi connectivity index (χ1n) is 6.97. The van der Waals surface area contributed by atoms with Gasteiger partial charge in [0.25, 0.3) is 0 Å². The standard InChI is InChI=1S/C17H16ClFN2S/c1-10-17(14-8-13(19)4-5-15(14)21-10)22-16-6-3-12(18)7-11(16)9-20-2/h3-8,20-21H,9H2,1-2H3. The number of H-pyrrole nitrogens is 1. The van der Waals surface area contributed by atoms with Crippen molar-refractivity contribution >= 4 is 34.3 Å². The first kappa shape index (κ1) is 15.4. The average molecular weight is 335 g/mol. The molecule has 0 spiro atoms. The van der Waals surface area contributed by atoms with Gasteiger partial charge in [-0.3, -0.25) is 0 Å². The molecule has 5 heteroatoms. The van der Waals surface area contributed by atoms with Crippen LogP contribution in [0.1, 0.15) is 11.3 Å². The van der Waals surface area contributed by atoms with Crippen LogP contribution in [0, 0.1) is 12.7 Å². The molecule has 2 aromatic carbocycles. The Bertz CT molecular complexity index is 829. The van der Waals surface area contributed by atoms with Gasteiger partial charge in [-0.25, -0.2) is 4.39 Å². The molecule has 0 aliphatic carbocycles. The number of benzene rings is 2. The number of fused-ring (bicyclic) bond motifs is 1. The monoisotopic (exact) mass is 334 g/mol. The highest BCUT2D eigenvalue weighted by Gasteiger charge is 2.13. The summed E-state index contributed by atoms with van der Waals surface area (Å²) in [5.74, 6) is -0.222. The van der Waals surface area contributed by atoms with Crippen LogP contribution < -0.4 is 5.32 Å². The summed E-state index contributed by atoms with van der Waals surface area (Å²) in [4.78, 5) is 5.48. The lowest BCUT2D eigenvalue weighted by molar-refractivity contribution is 0.629. The largest absolute Gasteiger partial charge is 0.358 e. The van der Waals surface area contributed by atoms with Crippen molar-refractivity contribution in [2.45, 2.75) is 23.3 Å². The summed E-state index contributed by atoms with van der Waals surface area (Å²) in [6, 6.07) is 10.7. The van der Waals surface area contributed by atoms with Crippen molar-refractivity contribution in [1.82, 2.24) is 10.3 Å². The van der Waals surface area contributed by atoms with Crippen LogP contribution in [0.4, 0.5) is 4.39 Å². The molecular formula is C17H16ClFN2S. The second-order valence-electron chi connectivity index (χ2n) is 5.15. The molecule has 0 bridgehead atoms. The second kappa shape index (κ2) is 6.32. The van der Waals surface area contributed by atoms with E-state index in [-0.39, 0.29) is 5.82 Å². The number of aromatic nitrogens is 1. The summed E-state index contributed by atoms with van der Waals surface area (Å²) < 4.78 is 13.6. The molecule has 22 heavy (non-hydrogen) atoms. The summed E-state index contributed by atoms with van der Waals surface area (Å²) in [5.41, 5.74) is 3.12. The van der Waals surface area contributed by atoms with Crippen LogP contribution in [0.15, 0.2) is 46.2 Å². The molecule has 0 unspecified atom stereocenters. The smallest absolute Gasteiger partial charge is 0.123 e. The molecule has 0 fully saturated rings. The number of aryl methyl sites for hydroxylation is 1.